The van der Waals surface area contributed by atoms with Gasteiger partial charge >= 0.3 is 5.97 Å². The van der Waals surface area contributed by atoms with E-state index in [-0.39, 0.29) is 15.7 Å². The van der Waals surface area contributed by atoms with Crippen molar-refractivity contribution in [3.8, 4) is 0 Å². The van der Waals surface area contributed by atoms with E-state index < -0.39 is 16.0 Å². The summed E-state index contributed by atoms with van der Waals surface area (Å²) in [4.78, 5) is 24.4. The summed E-state index contributed by atoms with van der Waals surface area (Å²) in [5.41, 5.74) is 1.85. The second-order valence-corrected chi connectivity index (χ2v) is 8.54. The van der Waals surface area contributed by atoms with Crippen LogP contribution in [0.4, 0.5) is 11.4 Å². The van der Waals surface area contributed by atoms with Gasteiger partial charge in [0.05, 0.1) is 5.56 Å². The van der Waals surface area contributed by atoms with E-state index in [1.165, 1.54) is 5.38 Å². The summed E-state index contributed by atoms with van der Waals surface area (Å²) in [5.74, 6) is -1.11. The highest BCUT2D eigenvalue weighted by Gasteiger charge is 2.24. The summed E-state index contributed by atoms with van der Waals surface area (Å²) in [7, 11) is -3.86. The molecule has 9 heteroatoms. The van der Waals surface area contributed by atoms with E-state index in [1.54, 1.807) is 23.1 Å². The molecule has 0 atom stereocenters. The number of rotatable bonds is 5. The molecule has 7 nitrogen and oxygen atoms in total. The molecule has 132 valence electrons. The molecule has 0 aliphatic carbocycles. The number of thiophene rings is 1. The lowest BCUT2D eigenvalue weighted by molar-refractivity contribution is -0.117. The number of sulfonamides is 1. The number of aromatic carboxylic acids is 1. The Morgan fingerprint density at radius 1 is 1.32 bits per heavy atom. The molecule has 2 aromatic rings. The molecule has 0 unspecified atom stereocenters. The number of carbonyl (C=O) groups excluding carboxylic acids is 1. The Kier molecular flexibility index (Phi) is 4.53. The van der Waals surface area contributed by atoms with Crippen molar-refractivity contribution < 1.29 is 23.1 Å². The molecular weight excluding hydrogens is 364 g/mol. The quantitative estimate of drug-likeness (QED) is 0.830. The van der Waals surface area contributed by atoms with Crippen molar-refractivity contribution in [2.75, 3.05) is 16.2 Å². The minimum atomic E-state index is -3.86. The highest BCUT2D eigenvalue weighted by molar-refractivity contribution is 7.94. The Hall–Kier alpha value is -2.39. The summed E-state index contributed by atoms with van der Waals surface area (Å²) < 4.78 is 27.1. The van der Waals surface area contributed by atoms with Gasteiger partial charge in [-0.3, -0.25) is 9.52 Å². The molecule has 1 saturated heterocycles. The largest absolute Gasteiger partial charge is 0.478 e. The van der Waals surface area contributed by atoms with Crippen molar-refractivity contribution in [2.45, 2.75) is 24.0 Å². The highest BCUT2D eigenvalue weighted by atomic mass is 32.2. The molecule has 1 aliphatic heterocycles. The Morgan fingerprint density at radius 2 is 2.08 bits per heavy atom. The number of anilines is 2. The van der Waals surface area contributed by atoms with Crippen LogP contribution in [-0.4, -0.2) is 31.9 Å². The molecule has 0 bridgehead atoms. The van der Waals surface area contributed by atoms with E-state index >= 15 is 0 Å². The van der Waals surface area contributed by atoms with Gasteiger partial charge in [-0.05, 0) is 43.2 Å². The second-order valence-electron chi connectivity index (χ2n) is 5.72. The minimum absolute atomic E-state index is 0.0653. The topological polar surface area (TPSA) is 104 Å². The number of benzene rings is 1. The van der Waals surface area contributed by atoms with Gasteiger partial charge in [-0.15, -0.1) is 11.3 Å². The van der Waals surface area contributed by atoms with Crippen molar-refractivity contribution in [3.05, 3.63) is 40.8 Å². The molecule has 1 aliphatic rings. The van der Waals surface area contributed by atoms with Gasteiger partial charge < -0.3 is 10.0 Å². The van der Waals surface area contributed by atoms with E-state index in [4.69, 9.17) is 5.11 Å². The fourth-order valence-electron chi connectivity index (χ4n) is 2.70. The number of hydrogen-bond donors (Lipinski definition) is 2. The van der Waals surface area contributed by atoms with E-state index in [9.17, 15) is 18.0 Å². The summed E-state index contributed by atoms with van der Waals surface area (Å²) in [6.45, 7) is 2.48. The zero-order valence-corrected chi connectivity index (χ0v) is 15.0. The van der Waals surface area contributed by atoms with E-state index in [2.05, 4.69) is 4.72 Å². The molecule has 2 heterocycles. The van der Waals surface area contributed by atoms with Gasteiger partial charge in [0.15, 0.2) is 0 Å². The lowest BCUT2D eigenvalue weighted by atomic mass is 10.1. The van der Waals surface area contributed by atoms with Gasteiger partial charge in [0.25, 0.3) is 10.0 Å². The number of aryl methyl sites for hydroxylation is 1. The van der Waals surface area contributed by atoms with Gasteiger partial charge in [0.2, 0.25) is 5.91 Å². The standard InChI is InChI=1S/C16H16N2O5S2/c1-10-7-12(4-5-13(10)18-6-2-3-14(18)19)17-25(22,23)15-8-11(9-24-15)16(20)21/h4-5,7-9,17H,2-3,6H2,1H3,(H,20,21). The third kappa shape index (κ3) is 3.52. The van der Waals surface area contributed by atoms with Gasteiger partial charge in [-0.1, -0.05) is 0 Å². The lowest BCUT2D eigenvalue weighted by Gasteiger charge is -2.19. The van der Waals surface area contributed by atoms with Crippen molar-refractivity contribution in [1.29, 1.82) is 0 Å². The number of carboxylic acid groups (broad SMARTS) is 1. The van der Waals surface area contributed by atoms with Gasteiger partial charge in [0, 0.05) is 29.7 Å². The maximum absolute atomic E-state index is 12.4. The van der Waals surface area contributed by atoms with Crippen LogP contribution in [0, 0.1) is 6.92 Å². The number of carbonyl (C=O) groups is 2. The molecule has 0 saturated carbocycles. The van der Waals surface area contributed by atoms with Crippen molar-refractivity contribution in [1.82, 2.24) is 0 Å². The van der Waals surface area contributed by atoms with Gasteiger partial charge in [0.1, 0.15) is 4.21 Å². The van der Waals surface area contributed by atoms with E-state index in [0.29, 0.717) is 18.7 Å². The zero-order valence-electron chi connectivity index (χ0n) is 13.4. The fraction of sp³-hybridized carbons (Fsp3) is 0.250. The average molecular weight is 380 g/mol. The van der Waals surface area contributed by atoms with E-state index in [0.717, 1.165) is 35.1 Å². The predicted molar refractivity (Wildman–Crippen MR) is 94.9 cm³/mol. The monoisotopic (exact) mass is 380 g/mol. The first-order valence-corrected chi connectivity index (χ1v) is 9.90. The highest BCUT2D eigenvalue weighted by Crippen LogP contribution is 2.29. The third-order valence-electron chi connectivity index (χ3n) is 3.90. The van der Waals surface area contributed by atoms with Crippen molar-refractivity contribution in [3.63, 3.8) is 0 Å². The Labute approximate surface area is 149 Å². The van der Waals surface area contributed by atoms with Crippen LogP contribution in [0.5, 0.6) is 0 Å². The van der Waals surface area contributed by atoms with Crippen molar-refractivity contribution >= 4 is 44.6 Å². The van der Waals surface area contributed by atoms with Crippen molar-refractivity contribution in [2.24, 2.45) is 0 Å². The summed E-state index contributed by atoms with van der Waals surface area (Å²) >= 11 is 0.848. The van der Waals surface area contributed by atoms with Crippen LogP contribution in [0.2, 0.25) is 0 Å². The maximum Gasteiger partial charge on any atom is 0.336 e. The second kappa shape index (κ2) is 6.49. The number of nitrogens with zero attached hydrogens (tertiary/aromatic N) is 1. The molecule has 0 spiro atoms. The molecule has 2 N–H and O–H groups in total. The lowest BCUT2D eigenvalue weighted by Crippen LogP contribution is -2.24. The van der Waals surface area contributed by atoms with Crippen LogP contribution in [0.1, 0.15) is 28.8 Å². The minimum Gasteiger partial charge on any atom is -0.478 e. The Morgan fingerprint density at radius 3 is 2.64 bits per heavy atom. The normalized spacial score (nSPS) is 14.8. The number of nitrogens with one attached hydrogen (secondary N) is 1. The molecular formula is C16H16N2O5S2. The van der Waals surface area contributed by atoms with Crippen LogP contribution in [-0.2, 0) is 14.8 Å². The molecule has 3 rings (SSSR count). The summed E-state index contributed by atoms with van der Waals surface area (Å²) in [5, 5.41) is 10.2. The number of hydrogen-bond acceptors (Lipinski definition) is 5. The van der Waals surface area contributed by atoms with Crippen LogP contribution in [0.3, 0.4) is 0 Å². The first kappa shape index (κ1) is 17.4. The Bertz CT molecular complexity index is 949. The van der Waals surface area contributed by atoms with Crippen LogP contribution >= 0.6 is 11.3 Å². The predicted octanol–water partition coefficient (Wildman–Crippen LogP) is 2.68. The molecule has 0 radical (unpaired) electrons. The van der Waals surface area contributed by atoms with Gasteiger partial charge in [-0.2, -0.15) is 0 Å². The van der Waals surface area contributed by atoms with Crippen LogP contribution in [0.25, 0.3) is 0 Å². The Balaban J connectivity index is 1.83. The van der Waals surface area contributed by atoms with E-state index in [1.807, 2.05) is 6.92 Å². The number of carboxylic acids is 1. The zero-order chi connectivity index (χ0) is 18.2. The summed E-state index contributed by atoms with van der Waals surface area (Å²) in [6, 6.07) is 6.09. The van der Waals surface area contributed by atoms with Gasteiger partial charge in [-0.25, -0.2) is 13.2 Å². The van der Waals surface area contributed by atoms with Crippen LogP contribution < -0.4 is 9.62 Å². The first-order chi connectivity index (χ1) is 11.8. The van der Waals surface area contributed by atoms with Crippen LogP contribution in [0.15, 0.2) is 33.9 Å². The molecule has 1 aromatic heterocycles. The first-order valence-electron chi connectivity index (χ1n) is 7.53. The maximum atomic E-state index is 12.4. The molecule has 1 amide bonds. The smallest absolute Gasteiger partial charge is 0.336 e. The number of amides is 1. The molecule has 1 fully saturated rings. The average Bonchev–Trinajstić information content (AvgIpc) is 3.16. The SMILES string of the molecule is Cc1cc(NS(=O)(=O)c2cc(C(=O)O)cs2)ccc1N1CCCC1=O. The fourth-order valence-corrected chi connectivity index (χ4v) is 4.90. The molecule has 1 aromatic carbocycles. The summed E-state index contributed by atoms with van der Waals surface area (Å²) in [6.07, 6.45) is 1.34. The molecule has 25 heavy (non-hydrogen) atoms. The third-order valence-corrected chi connectivity index (χ3v) is 6.72.